The lowest BCUT2D eigenvalue weighted by molar-refractivity contribution is 0.116. The van der Waals surface area contributed by atoms with Crippen molar-refractivity contribution in [3.05, 3.63) is 29.6 Å². The highest BCUT2D eigenvalue weighted by molar-refractivity contribution is 7.99. The summed E-state index contributed by atoms with van der Waals surface area (Å²) in [4.78, 5) is 12.4. The van der Waals surface area contributed by atoms with Crippen molar-refractivity contribution in [2.24, 2.45) is 0 Å². The third-order valence-corrected chi connectivity index (χ3v) is 3.75. The van der Waals surface area contributed by atoms with E-state index in [-0.39, 0.29) is 25.1 Å². The molecule has 0 aromatic heterocycles. The normalized spacial score (nSPS) is 18.0. The number of ether oxygens (including phenoxy) is 1. The first-order valence-corrected chi connectivity index (χ1v) is 6.65. The van der Waals surface area contributed by atoms with Gasteiger partial charge in [-0.15, -0.1) is 11.8 Å². The number of hydrogen-bond acceptors (Lipinski definition) is 4. The van der Waals surface area contributed by atoms with Crippen LogP contribution in [0.4, 0.5) is 9.18 Å². The van der Waals surface area contributed by atoms with Crippen molar-refractivity contribution in [1.29, 1.82) is 0 Å². The summed E-state index contributed by atoms with van der Waals surface area (Å²) in [6.45, 7) is -0.248. The minimum absolute atomic E-state index is 0.0384. The van der Waals surface area contributed by atoms with Crippen LogP contribution < -0.4 is 5.32 Å². The number of alkyl carbamates (subject to hydrolysis) is 1. The molecule has 4 nitrogen and oxygen atoms in total. The summed E-state index contributed by atoms with van der Waals surface area (Å²) < 4.78 is 18.0. The van der Waals surface area contributed by atoms with Crippen LogP contribution in [0.15, 0.2) is 23.1 Å². The van der Waals surface area contributed by atoms with Gasteiger partial charge in [0.1, 0.15) is 12.4 Å². The third kappa shape index (κ3) is 3.14. The van der Waals surface area contributed by atoms with Crippen LogP contribution in [0.1, 0.15) is 18.0 Å². The first-order valence-electron chi connectivity index (χ1n) is 5.67. The molecule has 0 saturated heterocycles. The summed E-state index contributed by atoms with van der Waals surface area (Å²) in [5.41, 5.74) is 0.784. The number of amides is 1. The van der Waals surface area contributed by atoms with E-state index in [4.69, 9.17) is 9.84 Å². The van der Waals surface area contributed by atoms with Gasteiger partial charge in [0.05, 0.1) is 12.6 Å². The second-order valence-corrected chi connectivity index (χ2v) is 5.01. The lowest BCUT2D eigenvalue weighted by Gasteiger charge is -2.25. The van der Waals surface area contributed by atoms with Crippen molar-refractivity contribution >= 4 is 17.9 Å². The van der Waals surface area contributed by atoms with E-state index >= 15 is 0 Å². The minimum Gasteiger partial charge on any atom is -0.447 e. The van der Waals surface area contributed by atoms with Gasteiger partial charge in [-0.05, 0) is 30.2 Å². The highest BCUT2D eigenvalue weighted by atomic mass is 32.2. The van der Waals surface area contributed by atoms with E-state index in [1.165, 1.54) is 12.1 Å². The zero-order valence-electron chi connectivity index (χ0n) is 9.69. The Morgan fingerprint density at radius 1 is 1.61 bits per heavy atom. The summed E-state index contributed by atoms with van der Waals surface area (Å²) in [6.07, 6.45) is 0.145. The van der Waals surface area contributed by atoms with Crippen molar-refractivity contribution in [3.63, 3.8) is 0 Å². The quantitative estimate of drug-likeness (QED) is 0.883. The highest BCUT2D eigenvalue weighted by Crippen LogP contribution is 2.36. The zero-order valence-corrected chi connectivity index (χ0v) is 10.5. The first kappa shape index (κ1) is 13.2. The Morgan fingerprint density at radius 2 is 2.44 bits per heavy atom. The molecule has 0 aliphatic carbocycles. The van der Waals surface area contributed by atoms with Gasteiger partial charge in [0, 0.05) is 10.6 Å². The molecular weight excluding hydrogens is 257 g/mol. The van der Waals surface area contributed by atoms with E-state index in [0.29, 0.717) is 0 Å². The number of aliphatic hydroxyl groups excluding tert-OH is 1. The number of carbonyl (C=O) groups is 1. The van der Waals surface area contributed by atoms with E-state index in [9.17, 15) is 9.18 Å². The van der Waals surface area contributed by atoms with Gasteiger partial charge in [-0.25, -0.2) is 9.18 Å². The highest BCUT2D eigenvalue weighted by Gasteiger charge is 2.23. The van der Waals surface area contributed by atoms with Crippen LogP contribution in [0.25, 0.3) is 0 Å². The number of halogens is 1. The molecule has 1 aromatic carbocycles. The standard InChI is InChI=1S/C12H14FNO3S/c13-8-1-2-11-9(7-8)10(3-6-18-11)14-12(16)17-5-4-15/h1-2,7,10,15H,3-6H2,(H,14,16). The van der Waals surface area contributed by atoms with Crippen LogP contribution in [0, 0.1) is 5.82 Å². The summed E-state index contributed by atoms with van der Waals surface area (Å²) in [5, 5.41) is 11.2. The van der Waals surface area contributed by atoms with Crippen molar-refractivity contribution in [2.45, 2.75) is 17.4 Å². The second-order valence-electron chi connectivity index (χ2n) is 3.88. The maximum Gasteiger partial charge on any atom is 0.407 e. The van der Waals surface area contributed by atoms with E-state index in [0.717, 1.165) is 22.6 Å². The fourth-order valence-corrected chi connectivity index (χ4v) is 2.94. The monoisotopic (exact) mass is 271 g/mol. The Labute approximate surface area is 109 Å². The van der Waals surface area contributed by atoms with Gasteiger partial charge >= 0.3 is 6.09 Å². The molecule has 0 bridgehead atoms. The molecule has 1 aliphatic rings. The maximum atomic E-state index is 13.2. The molecule has 0 radical (unpaired) electrons. The number of aliphatic hydroxyl groups is 1. The van der Waals surface area contributed by atoms with Crippen LogP contribution in [-0.4, -0.2) is 30.2 Å². The predicted molar refractivity (Wildman–Crippen MR) is 66.1 cm³/mol. The van der Waals surface area contributed by atoms with Crippen LogP contribution >= 0.6 is 11.8 Å². The molecule has 1 heterocycles. The minimum atomic E-state index is -0.587. The molecule has 1 unspecified atom stereocenters. The fourth-order valence-electron chi connectivity index (χ4n) is 1.84. The Morgan fingerprint density at radius 3 is 3.22 bits per heavy atom. The number of nitrogens with one attached hydrogen (secondary N) is 1. The molecule has 0 saturated carbocycles. The fraction of sp³-hybridized carbons (Fsp3) is 0.417. The SMILES string of the molecule is O=C(NC1CCSc2ccc(F)cc21)OCCO. The van der Waals surface area contributed by atoms with Crippen molar-refractivity contribution in [1.82, 2.24) is 5.32 Å². The van der Waals surface area contributed by atoms with E-state index < -0.39 is 6.09 Å². The summed E-state index contributed by atoms with van der Waals surface area (Å²) >= 11 is 1.65. The molecule has 6 heteroatoms. The summed E-state index contributed by atoms with van der Waals surface area (Å²) in [7, 11) is 0. The van der Waals surface area contributed by atoms with E-state index in [1.807, 2.05) is 0 Å². The lowest BCUT2D eigenvalue weighted by Crippen LogP contribution is -2.31. The summed E-state index contributed by atoms with van der Waals surface area (Å²) in [5.74, 6) is 0.551. The number of thioether (sulfide) groups is 1. The predicted octanol–water partition coefficient (Wildman–Crippen LogP) is 2.08. The van der Waals surface area contributed by atoms with Crippen LogP contribution in [0.2, 0.25) is 0 Å². The van der Waals surface area contributed by atoms with Gasteiger partial charge in [0.15, 0.2) is 0 Å². The smallest absolute Gasteiger partial charge is 0.407 e. The third-order valence-electron chi connectivity index (χ3n) is 2.63. The van der Waals surface area contributed by atoms with Gasteiger partial charge in [-0.1, -0.05) is 0 Å². The van der Waals surface area contributed by atoms with Crippen molar-refractivity contribution in [2.75, 3.05) is 19.0 Å². The molecule has 1 aliphatic heterocycles. The molecule has 98 valence electrons. The molecule has 0 fully saturated rings. The molecule has 18 heavy (non-hydrogen) atoms. The van der Waals surface area contributed by atoms with Gasteiger partial charge in [0.2, 0.25) is 0 Å². The van der Waals surface area contributed by atoms with Gasteiger partial charge in [-0.2, -0.15) is 0 Å². The average molecular weight is 271 g/mol. The largest absolute Gasteiger partial charge is 0.447 e. The number of hydrogen-bond donors (Lipinski definition) is 2. The Balaban J connectivity index is 2.07. The van der Waals surface area contributed by atoms with Gasteiger partial charge in [-0.3, -0.25) is 0 Å². The first-order chi connectivity index (χ1) is 8.70. The Kier molecular flexibility index (Phi) is 4.43. The Bertz CT molecular complexity index is 441. The molecule has 0 spiro atoms. The second kappa shape index (κ2) is 6.06. The van der Waals surface area contributed by atoms with Crippen LogP contribution in [0.3, 0.4) is 0 Å². The zero-order chi connectivity index (χ0) is 13.0. The lowest BCUT2D eigenvalue weighted by atomic mass is 10.0. The molecule has 2 rings (SSSR count). The number of rotatable bonds is 3. The summed E-state index contributed by atoms with van der Waals surface area (Å²) in [6, 6.07) is 4.35. The van der Waals surface area contributed by atoms with Crippen LogP contribution in [0.5, 0.6) is 0 Å². The average Bonchev–Trinajstić information content (AvgIpc) is 2.37. The van der Waals surface area contributed by atoms with E-state index in [1.54, 1.807) is 17.8 Å². The van der Waals surface area contributed by atoms with Gasteiger partial charge in [0.25, 0.3) is 0 Å². The Hall–Kier alpha value is -1.27. The van der Waals surface area contributed by atoms with E-state index in [2.05, 4.69) is 5.32 Å². The molecular formula is C12H14FNO3S. The molecule has 1 aromatic rings. The van der Waals surface area contributed by atoms with Gasteiger partial charge < -0.3 is 15.2 Å². The van der Waals surface area contributed by atoms with Crippen molar-refractivity contribution < 1.29 is 19.0 Å². The van der Waals surface area contributed by atoms with Crippen molar-refractivity contribution in [3.8, 4) is 0 Å². The number of carbonyl (C=O) groups excluding carboxylic acids is 1. The maximum absolute atomic E-state index is 13.2. The van der Waals surface area contributed by atoms with Crippen LogP contribution in [-0.2, 0) is 4.74 Å². The topological polar surface area (TPSA) is 58.6 Å². The molecule has 2 N–H and O–H groups in total. The molecule has 1 atom stereocenters. The molecule has 1 amide bonds. The number of benzene rings is 1. The number of fused-ring (bicyclic) bond motifs is 1.